The van der Waals surface area contributed by atoms with Crippen molar-refractivity contribution in [3.63, 3.8) is 0 Å². The van der Waals surface area contributed by atoms with Gasteiger partial charge in [0.1, 0.15) is 11.4 Å². The molecular formula is C18H25N3O6. The maximum Gasteiger partial charge on any atom is 0.410 e. The second-order valence-electron chi connectivity index (χ2n) is 7.36. The van der Waals surface area contributed by atoms with Crippen molar-refractivity contribution in [2.75, 3.05) is 20.2 Å². The molecule has 0 spiro atoms. The summed E-state index contributed by atoms with van der Waals surface area (Å²) in [7, 11) is 1.40. The Morgan fingerprint density at radius 2 is 1.89 bits per heavy atom. The van der Waals surface area contributed by atoms with Gasteiger partial charge in [-0.1, -0.05) is 0 Å². The van der Waals surface area contributed by atoms with Crippen molar-refractivity contribution < 1.29 is 24.0 Å². The first-order valence-corrected chi connectivity index (χ1v) is 8.72. The molecule has 1 fully saturated rings. The van der Waals surface area contributed by atoms with Crippen LogP contribution < -0.4 is 10.1 Å². The van der Waals surface area contributed by atoms with Crippen LogP contribution in [0.3, 0.4) is 0 Å². The van der Waals surface area contributed by atoms with Crippen molar-refractivity contribution in [1.29, 1.82) is 0 Å². The van der Waals surface area contributed by atoms with Crippen molar-refractivity contribution in [1.82, 2.24) is 10.2 Å². The maximum absolute atomic E-state index is 12.6. The zero-order valence-electron chi connectivity index (χ0n) is 16.0. The number of rotatable bonds is 4. The normalized spacial score (nSPS) is 15.2. The highest BCUT2D eigenvalue weighted by atomic mass is 16.6. The van der Waals surface area contributed by atoms with E-state index in [1.54, 1.807) is 4.90 Å². The van der Waals surface area contributed by atoms with Crippen LogP contribution in [0.2, 0.25) is 0 Å². The number of nitrogens with zero attached hydrogens (tertiary/aromatic N) is 2. The Bertz CT molecular complexity index is 720. The monoisotopic (exact) mass is 379 g/mol. The minimum Gasteiger partial charge on any atom is -0.496 e. The number of nitro benzene ring substituents is 1. The number of non-ortho nitro benzene ring substituents is 1. The first kappa shape index (κ1) is 20.5. The molecule has 27 heavy (non-hydrogen) atoms. The van der Waals surface area contributed by atoms with E-state index in [0.717, 1.165) is 0 Å². The lowest BCUT2D eigenvalue weighted by Gasteiger charge is -2.33. The average Bonchev–Trinajstić information content (AvgIpc) is 2.60. The summed E-state index contributed by atoms with van der Waals surface area (Å²) in [4.78, 5) is 36.6. The predicted molar refractivity (Wildman–Crippen MR) is 97.9 cm³/mol. The number of piperidine rings is 1. The zero-order chi connectivity index (χ0) is 20.2. The number of hydrogen-bond donors (Lipinski definition) is 1. The zero-order valence-corrected chi connectivity index (χ0v) is 16.0. The molecule has 0 radical (unpaired) electrons. The first-order valence-electron chi connectivity index (χ1n) is 8.72. The summed E-state index contributed by atoms with van der Waals surface area (Å²) in [6, 6.07) is 3.75. The summed E-state index contributed by atoms with van der Waals surface area (Å²) in [5.74, 6) is -0.171. The van der Waals surface area contributed by atoms with Gasteiger partial charge in [-0.05, 0) is 39.7 Å². The van der Waals surface area contributed by atoms with E-state index in [-0.39, 0.29) is 29.1 Å². The molecule has 0 saturated carbocycles. The Kier molecular flexibility index (Phi) is 6.24. The minimum absolute atomic E-state index is 0.112. The molecule has 1 N–H and O–H groups in total. The van der Waals surface area contributed by atoms with E-state index in [4.69, 9.17) is 9.47 Å². The Labute approximate surface area is 157 Å². The summed E-state index contributed by atoms with van der Waals surface area (Å²) >= 11 is 0. The van der Waals surface area contributed by atoms with Gasteiger partial charge in [0.15, 0.2) is 0 Å². The summed E-state index contributed by atoms with van der Waals surface area (Å²) in [6.07, 6.45) is 0.775. The summed E-state index contributed by atoms with van der Waals surface area (Å²) in [6.45, 7) is 6.36. The summed E-state index contributed by atoms with van der Waals surface area (Å²) in [5.41, 5.74) is -0.622. The molecular weight excluding hydrogens is 354 g/mol. The molecule has 0 unspecified atom stereocenters. The topological polar surface area (TPSA) is 111 Å². The van der Waals surface area contributed by atoms with E-state index in [0.29, 0.717) is 25.9 Å². The number of benzene rings is 1. The van der Waals surface area contributed by atoms with E-state index in [1.807, 2.05) is 20.8 Å². The van der Waals surface area contributed by atoms with Crippen LogP contribution >= 0.6 is 0 Å². The fourth-order valence-corrected chi connectivity index (χ4v) is 2.78. The van der Waals surface area contributed by atoms with E-state index < -0.39 is 16.4 Å². The lowest BCUT2D eigenvalue weighted by molar-refractivity contribution is -0.384. The van der Waals surface area contributed by atoms with E-state index >= 15 is 0 Å². The van der Waals surface area contributed by atoms with Gasteiger partial charge in [0.05, 0.1) is 17.6 Å². The highest BCUT2D eigenvalue weighted by Crippen LogP contribution is 2.24. The van der Waals surface area contributed by atoms with Gasteiger partial charge in [-0.15, -0.1) is 0 Å². The highest BCUT2D eigenvalue weighted by molar-refractivity contribution is 5.97. The first-order chi connectivity index (χ1) is 12.6. The number of carbonyl (C=O) groups is 2. The number of likely N-dealkylation sites (tertiary alicyclic amines) is 1. The van der Waals surface area contributed by atoms with Gasteiger partial charge in [0.2, 0.25) is 0 Å². The summed E-state index contributed by atoms with van der Waals surface area (Å²) < 4.78 is 10.5. The molecule has 1 heterocycles. The van der Waals surface area contributed by atoms with Crippen LogP contribution in [0.1, 0.15) is 44.0 Å². The largest absolute Gasteiger partial charge is 0.496 e. The predicted octanol–water partition coefficient (Wildman–Crippen LogP) is 2.73. The van der Waals surface area contributed by atoms with Crippen molar-refractivity contribution in [2.24, 2.45) is 0 Å². The number of ether oxygens (including phenoxy) is 2. The molecule has 1 aromatic rings. The van der Waals surface area contributed by atoms with Gasteiger partial charge in [0, 0.05) is 31.3 Å². The average molecular weight is 379 g/mol. The number of hydrogen-bond acceptors (Lipinski definition) is 6. The third-order valence-corrected chi connectivity index (χ3v) is 4.12. The fraction of sp³-hybridized carbons (Fsp3) is 0.556. The molecule has 0 aliphatic carbocycles. The molecule has 148 valence electrons. The smallest absolute Gasteiger partial charge is 0.410 e. The van der Waals surface area contributed by atoms with Crippen molar-refractivity contribution in [3.8, 4) is 5.75 Å². The molecule has 0 atom stereocenters. The maximum atomic E-state index is 12.6. The molecule has 1 saturated heterocycles. The van der Waals surface area contributed by atoms with Gasteiger partial charge in [-0.25, -0.2) is 4.79 Å². The SMILES string of the molecule is COc1ccc([N+](=O)[O-])cc1C(=O)NC1CCN(C(=O)OC(C)(C)C)CC1. The minimum atomic E-state index is -0.560. The second-order valence-corrected chi connectivity index (χ2v) is 7.36. The van der Waals surface area contributed by atoms with Gasteiger partial charge in [-0.2, -0.15) is 0 Å². The van der Waals surface area contributed by atoms with Crippen LogP contribution in [-0.2, 0) is 4.74 Å². The number of amides is 2. The number of nitrogens with one attached hydrogen (secondary N) is 1. The lowest BCUT2D eigenvalue weighted by atomic mass is 10.0. The Morgan fingerprint density at radius 3 is 2.41 bits per heavy atom. The van der Waals surface area contributed by atoms with E-state index in [9.17, 15) is 19.7 Å². The number of carbonyl (C=O) groups excluding carboxylic acids is 2. The van der Waals surface area contributed by atoms with Crippen LogP contribution in [0.15, 0.2) is 18.2 Å². The van der Waals surface area contributed by atoms with Crippen LogP contribution in [0.25, 0.3) is 0 Å². The van der Waals surface area contributed by atoms with Crippen LogP contribution in [0, 0.1) is 10.1 Å². The molecule has 1 aromatic carbocycles. The van der Waals surface area contributed by atoms with Gasteiger partial charge >= 0.3 is 6.09 Å². The molecule has 1 aliphatic heterocycles. The molecule has 9 nitrogen and oxygen atoms in total. The van der Waals surface area contributed by atoms with Crippen molar-refractivity contribution in [2.45, 2.75) is 45.3 Å². The standard InChI is InChI=1S/C18H25N3O6/c1-18(2,3)27-17(23)20-9-7-12(8-10-20)19-16(22)14-11-13(21(24)25)5-6-15(14)26-4/h5-6,11-12H,7-10H2,1-4H3,(H,19,22). The van der Waals surface area contributed by atoms with Gasteiger partial charge in [-0.3, -0.25) is 14.9 Å². The van der Waals surface area contributed by atoms with Crippen LogP contribution in [0.5, 0.6) is 5.75 Å². The number of nitro groups is 1. The van der Waals surface area contributed by atoms with Gasteiger partial charge < -0.3 is 19.7 Å². The molecule has 9 heteroatoms. The third-order valence-electron chi connectivity index (χ3n) is 4.12. The molecule has 2 rings (SSSR count). The number of methoxy groups -OCH3 is 1. The van der Waals surface area contributed by atoms with Crippen molar-refractivity contribution >= 4 is 17.7 Å². The molecule has 0 bridgehead atoms. The molecule has 1 aliphatic rings. The van der Waals surface area contributed by atoms with Crippen LogP contribution in [-0.4, -0.2) is 53.7 Å². The quantitative estimate of drug-likeness (QED) is 0.636. The Balaban J connectivity index is 1.97. The molecule has 0 aromatic heterocycles. The Morgan fingerprint density at radius 1 is 1.26 bits per heavy atom. The fourth-order valence-electron chi connectivity index (χ4n) is 2.78. The summed E-state index contributed by atoms with van der Waals surface area (Å²) in [5, 5.41) is 13.8. The lowest BCUT2D eigenvalue weighted by Crippen LogP contribution is -2.47. The Hall–Kier alpha value is -2.84. The van der Waals surface area contributed by atoms with Crippen LogP contribution in [0.4, 0.5) is 10.5 Å². The highest BCUT2D eigenvalue weighted by Gasteiger charge is 2.28. The second kappa shape index (κ2) is 8.24. The van der Waals surface area contributed by atoms with E-state index in [2.05, 4.69) is 5.32 Å². The van der Waals surface area contributed by atoms with E-state index in [1.165, 1.54) is 25.3 Å². The third kappa shape index (κ3) is 5.57. The van der Waals surface area contributed by atoms with Gasteiger partial charge in [0.25, 0.3) is 11.6 Å². The van der Waals surface area contributed by atoms with Crippen molar-refractivity contribution in [3.05, 3.63) is 33.9 Å². The molecule has 2 amide bonds.